The van der Waals surface area contributed by atoms with E-state index in [1.54, 1.807) is 33.8 Å². The topological polar surface area (TPSA) is 162 Å². The average Bonchev–Trinajstić information content (AvgIpc) is 2.80. The molecule has 1 aromatic carbocycles. The van der Waals surface area contributed by atoms with Crippen molar-refractivity contribution in [3.05, 3.63) is 55.2 Å². The normalized spacial score (nSPS) is 11.7. The Labute approximate surface area is 212 Å². The van der Waals surface area contributed by atoms with Gasteiger partial charge in [-0.1, -0.05) is 18.5 Å². The maximum absolute atomic E-state index is 12.5. The summed E-state index contributed by atoms with van der Waals surface area (Å²) in [4.78, 5) is 53.6. The highest BCUT2D eigenvalue weighted by Crippen LogP contribution is 2.21. The van der Waals surface area contributed by atoms with Crippen molar-refractivity contribution in [3.63, 3.8) is 0 Å². The number of benzene rings is 1. The minimum absolute atomic E-state index is 0.0248. The van der Waals surface area contributed by atoms with Gasteiger partial charge >= 0.3 is 5.69 Å². The molecular formula is C24H28ClN7O4. The SMILES string of the molecule is CCn1c(/N=C\C(=N)NC(=O)CC(C)CC(=O)Nc2ccc(C#N)c(Cl)c2)c(C)c(=O)n(CC)c1=O. The van der Waals surface area contributed by atoms with Gasteiger partial charge in [-0.05, 0) is 44.9 Å². The van der Waals surface area contributed by atoms with Crippen LogP contribution in [0.5, 0.6) is 0 Å². The zero-order valence-corrected chi connectivity index (χ0v) is 21.3. The number of anilines is 1. The highest BCUT2D eigenvalue weighted by atomic mass is 35.5. The summed E-state index contributed by atoms with van der Waals surface area (Å²) in [7, 11) is 0. The fourth-order valence-corrected chi connectivity index (χ4v) is 3.74. The predicted octanol–water partition coefficient (Wildman–Crippen LogP) is 2.73. The van der Waals surface area contributed by atoms with E-state index in [0.717, 1.165) is 10.8 Å². The molecule has 36 heavy (non-hydrogen) atoms. The lowest BCUT2D eigenvalue weighted by molar-refractivity contribution is -0.121. The van der Waals surface area contributed by atoms with Gasteiger partial charge in [-0.3, -0.25) is 28.9 Å². The molecule has 1 aromatic heterocycles. The summed E-state index contributed by atoms with van der Waals surface area (Å²) in [6.45, 7) is 7.21. The summed E-state index contributed by atoms with van der Waals surface area (Å²) in [6.07, 6.45) is 1.08. The molecule has 0 saturated heterocycles. The second-order valence-corrected chi connectivity index (χ2v) is 8.52. The molecule has 11 nitrogen and oxygen atoms in total. The largest absolute Gasteiger partial charge is 0.332 e. The molecule has 190 valence electrons. The van der Waals surface area contributed by atoms with E-state index < -0.39 is 17.2 Å². The zero-order chi connectivity index (χ0) is 27.0. The van der Waals surface area contributed by atoms with Crippen LogP contribution in [-0.2, 0) is 22.7 Å². The van der Waals surface area contributed by atoms with Gasteiger partial charge in [0.05, 0.1) is 22.4 Å². The van der Waals surface area contributed by atoms with Gasteiger partial charge in [0, 0.05) is 31.6 Å². The van der Waals surface area contributed by atoms with Gasteiger partial charge < -0.3 is 10.6 Å². The lowest BCUT2D eigenvalue weighted by Crippen LogP contribution is -2.40. The number of nitriles is 1. The fourth-order valence-electron chi connectivity index (χ4n) is 3.51. The van der Waals surface area contributed by atoms with Crippen LogP contribution in [-0.4, -0.2) is 33.0 Å². The molecule has 0 saturated carbocycles. The quantitative estimate of drug-likeness (QED) is 0.346. The first kappa shape index (κ1) is 28.2. The smallest absolute Gasteiger partial charge is 0.326 e. The van der Waals surface area contributed by atoms with Crippen LogP contribution < -0.4 is 21.9 Å². The fraction of sp³-hybridized carbons (Fsp3) is 0.375. The molecule has 2 rings (SSSR count). The van der Waals surface area contributed by atoms with Crippen LogP contribution >= 0.6 is 11.6 Å². The second kappa shape index (κ2) is 12.6. The van der Waals surface area contributed by atoms with E-state index in [-0.39, 0.29) is 60.0 Å². The van der Waals surface area contributed by atoms with Gasteiger partial charge in [0.1, 0.15) is 17.7 Å². The van der Waals surface area contributed by atoms with Crippen LogP contribution in [0.4, 0.5) is 11.5 Å². The van der Waals surface area contributed by atoms with E-state index in [9.17, 15) is 19.2 Å². The summed E-state index contributed by atoms with van der Waals surface area (Å²) < 4.78 is 2.44. The van der Waals surface area contributed by atoms with Crippen LogP contribution in [0, 0.1) is 29.6 Å². The van der Waals surface area contributed by atoms with Crippen molar-refractivity contribution in [1.82, 2.24) is 14.5 Å². The Morgan fingerprint density at radius 2 is 1.83 bits per heavy atom. The molecule has 0 aliphatic rings. The molecule has 1 heterocycles. The molecule has 1 atom stereocenters. The minimum atomic E-state index is -0.492. The van der Waals surface area contributed by atoms with Crippen molar-refractivity contribution >= 4 is 47.0 Å². The van der Waals surface area contributed by atoms with E-state index in [4.69, 9.17) is 22.3 Å². The summed E-state index contributed by atoms with van der Waals surface area (Å²) in [5, 5.41) is 22.2. The molecule has 1 unspecified atom stereocenters. The van der Waals surface area contributed by atoms with Crippen molar-refractivity contribution < 1.29 is 9.59 Å². The third-order valence-corrected chi connectivity index (χ3v) is 5.60. The Morgan fingerprint density at radius 1 is 1.19 bits per heavy atom. The number of carbonyl (C=O) groups is 2. The molecule has 2 aromatic rings. The highest BCUT2D eigenvalue weighted by Gasteiger charge is 2.16. The summed E-state index contributed by atoms with van der Waals surface area (Å²) in [5.41, 5.74) is 0.0473. The van der Waals surface area contributed by atoms with E-state index in [2.05, 4.69) is 15.6 Å². The summed E-state index contributed by atoms with van der Waals surface area (Å²) in [5.74, 6) is -1.35. The average molecular weight is 514 g/mol. The number of carbonyl (C=O) groups excluding carboxylic acids is 2. The van der Waals surface area contributed by atoms with Crippen LogP contribution in [0.15, 0.2) is 32.8 Å². The third-order valence-electron chi connectivity index (χ3n) is 5.28. The number of nitrogens with zero attached hydrogens (tertiary/aromatic N) is 4. The Balaban J connectivity index is 1.97. The number of halogens is 1. The van der Waals surface area contributed by atoms with Gasteiger partial charge in [0.25, 0.3) is 5.56 Å². The van der Waals surface area contributed by atoms with E-state index in [1.165, 1.54) is 16.7 Å². The van der Waals surface area contributed by atoms with Crippen molar-refractivity contribution in [2.45, 2.75) is 53.6 Å². The number of hydrogen-bond acceptors (Lipinski definition) is 7. The number of rotatable bonds is 9. The minimum Gasteiger partial charge on any atom is -0.326 e. The molecule has 0 aliphatic carbocycles. The number of nitrogens with one attached hydrogen (secondary N) is 3. The monoisotopic (exact) mass is 513 g/mol. The molecule has 12 heteroatoms. The lowest BCUT2D eigenvalue weighted by Gasteiger charge is -2.13. The molecule has 3 N–H and O–H groups in total. The van der Waals surface area contributed by atoms with Crippen LogP contribution in [0.1, 0.15) is 44.7 Å². The molecule has 0 aliphatic heterocycles. The van der Waals surface area contributed by atoms with Gasteiger partial charge in [-0.25, -0.2) is 9.79 Å². The molecule has 2 amide bonds. The van der Waals surface area contributed by atoms with Gasteiger partial charge in [0.15, 0.2) is 0 Å². The molecule has 0 spiro atoms. The predicted molar refractivity (Wildman–Crippen MR) is 138 cm³/mol. The first-order chi connectivity index (χ1) is 17.0. The number of amidine groups is 1. The number of aromatic nitrogens is 2. The van der Waals surface area contributed by atoms with Crippen molar-refractivity contribution in [1.29, 1.82) is 10.7 Å². The van der Waals surface area contributed by atoms with Crippen LogP contribution in [0.25, 0.3) is 0 Å². The number of hydrogen-bond donors (Lipinski definition) is 3. The second-order valence-electron chi connectivity index (χ2n) is 8.11. The summed E-state index contributed by atoms with van der Waals surface area (Å²) in [6, 6.07) is 6.47. The van der Waals surface area contributed by atoms with Gasteiger partial charge in [0.2, 0.25) is 11.8 Å². The van der Waals surface area contributed by atoms with Crippen molar-refractivity contribution in [2.75, 3.05) is 5.32 Å². The Bertz CT molecular complexity index is 1370. The summed E-state index contributed by atoms with van der Waals surface area (Å²) >= 11 is 5.96. The first-order valence-corrected chi connectivity index (χ1v) is 11.7. The lowest BCUT2D eigenvalue weighted by atomic mass is 10.0. The zero-order valence-electron chi connectivity index (χ0n) is 20.5. The third kappa shape index (κ3) is 6.99. The van der Waals surface area contributed by atoms with Crippen LogP contribution in [0.2, 0.25) is 5.02 Å². The molecule has 0 fully saturated rings. The Kier molecular flexibility index (Phi) is 9.87. The Morgan fingerprint density at radius 3 is 2.42 bits per heavy atom. The maximum atomic E-state index is 12.5. The van der Waals surface area contributed by atoms with Gasteiger partial charge in [-0.2, -0.15) is 5.26 Å². The standard InChI is InChI=1S/C24H28ClN7O4/c1-5-31-22(15(4)23(35)32(6-2)24(31)36)28-13-19(27)30-21(34)10-14(3)9-20(33)29-17-8-7-16(12-26)18(25)11-17/h7-8,11,13-14H,5-6,9-10H2,1-4H3,(H,29,33)(H2,27,30,34)/b28-13-. The number of amides is 2. The van der Waals surface area contributed by atoms with Crippen molar-refractivity contribution in [3.8, 4) is 6.07 Å². The van der Waals surface area contributed by atoms with Gasteiger partial charge in [-0.15, -0.1) is 0 Å². The number of aliphatic imine (C=N–C) groups is 1. The first-order valence-electron chi connectivity index (χ1n) is 11.3. The van der Waals surface area contributed by atoms with Crippen LogP contribution in [0.3, 0.4) is 0 Å². The molecule has 0 radical (unpaired) electrons. The van der Waals surface area contributed by atoms with E-state index >= 15 is 0 Å². The van der Waals surface area contributed by atoms with E-state index in [0.29, 0.717) is 11.3 Å². The highest BCUT2D eigenvalue weighted by molar-refractivity contribution is 6.32. The molecular weight excluding hydrogens is 486 g/mol. The Hall–Kier alpha value is -4.04. The van der Waals surface area contributed by atoms with E-state index in [1.807, 2.05) is 6.07 Å². The van der Waals surface area contributed by atoms with Crippen molar-refractivity contribution in [2.24, 2.45) is 10.9 Å². The maximum Gasteiger partial charge on any atom is 0.332 e. The molecule has 0 bridgehead atoms.